The highest BCUT2D eigenvalue weighted by Gasteiger charge is 2.19. The molecule has 0 unspecified atom stereocenters. The van der Waals surface area contributed by atoms with Crippen molar-refractivity contribution in [2.24, 2.45) is 0 Å². The molecular weight excluding hydrogens is 330 g/mol. The first kappa shape index (κ1) is 11.6. The summed E-state index contributed by atoms with van der Waals surface area (Å²) in [5.41, 5.74) is -0.837. The molecule has 0 fully saturated rings. The maximum atomic E-state index is 12.4. The van der Waals surface area contributed by atoms with Crippen LogP contribution in [0.25, 0.3) is 0 Å². The summed E-state index contributed by atoms with van der Waals surface area (Å²) in [6.45, 7) is 0. The van der Waals surface area contributed by atoms with E-state index in [0.29, 0.717) is 0 Å². The molecule has 0 aliphatic heterocycles. The molecule has 0 bridgehead atoms. The summed E-state index contributed by atoms with van der Waals surface area (Å²) in [5.74, 6) is 0. The Morgan fingerprint density at radius 3 is 2.50 bits per heavy atom. The van der Waals surface area contributed by atoms with Crippen LogP contribution in [0.2, 0.25) is 5.02 Å². The normalized spacial score (nSPS) is 10.6. The van der Waals surface area contributed by atoms with Gasteiger partial charge in [0.15, 0.2) is 0 Å². The fourth-order valence-electron chi connectivity index (χ4n) is 0.860. The van der Waals surface area contributed by atoms with Gasteiger partial charge in [-0.3, -0.25) is 10.1 Å². The zero-order chi connectivity index (χ0) is 10.9. The second-order valence-electron chi connectivity index (χ2n) is 2.39. The van der Waals surface area contributed by atoms with Crippen molar-refractivity contribution in [3.63, 3.8) is 0 Å². The van der Waals surface area contributed by atoms with Crippen molar-refractivity contribution in [2.75, 3.05) is 0 Å². The lowest BCUT2D eigenvalue weighted by molar-refractivity contribution is -0.385. The predicted molar refractivity (Wildman–Crippen MR) is 55.8 cm³/mol. The van der Waals surface area contributed by atoms with Gasteiger partial charge in [0.2, 0.25) is 0 Å². The van der Waals surface area contributed by atoms with Gasteiger partial charge in [0.05, 0.1) is 9.95 Å². The van der Waals surface area contributed by atoms with Gasteiger partial charge in [0, 0.05) is 21.3 Å². The quantitative estimate of drug-likeness (QED) is 0.469. The number of hydrogen-bond donors (Lipinski definition) is 0. The van der Waals surface area contributed by atoms with E-state index in [-0.39, 0.29) is 8.59 Å². The van der Waals surface area contributed by atoms with Crippen LogP contribution in [0.3, 0.4) is 0 Å². The number of hydrogen-bond acceptors (Lipinski definition) is 2. The number of nitrogens with zero attached hydrogens (tertiary/aromatic N) is 1. The van der Waals surface area contributed by atoms with Crippen LogP contribution in [-0.2, 0) is 0 Å². The van der Waals surface area contributed by atoms with E-state index in [2.05, 4.69) is 0 Å². The number of halogens is 4. The summed E-state index contributed by atoms with van der Waals surface area (Å²) in [5, 5.41) is 10.3. The van der Waals surface area contributed by atoms with Crippen molar-refractivity contribution >= 4 is 39.9 Å². The Bertz CT molecular complexity index is 386. The molecular formula is C7H3ClF2INO2. The number of alkyl halides is 2. The van der Waals surface area contributed by atoms with Crippen LogP contribution in [0.4, 0.5) is 14.5 Å². The second kappa shape index (κ2) is 4.35. The molecule has 0 aliphatic carbocycles. The minimum atomic E-state index is -2.76. The van der Waals surface area contributed by atoms with Crippen molar-refractivity contribution in [3.05, 3.63) is 36.4 Å². The number of non-ortho nitro benzene ring substituents is 1. The van der Waals surface area contributed by atoms with Crippen molar-refractivity contribution in [1.29, 1.82) is 0 Å². The lowest BCUT2D eigenvalue weighted by Gasteiger charge is -2.04. The second-order valence-corrected chi connectivity index (χ2v) is 3.87. The molecule has 1 aromatic carbocycles. The summed E-state index contributed by atoms with van der Waals surface area (Å²) in [6.07, 6.45) is -2.76. The average molecular weight is 333 g/mol. The highest BCUT2D eigenvalue weighted by molar-refractivity contribution is 14.1. The zero-order valence-electron chi connectivity index (χ0n) is 6.51. The molecule has 0 amide bonds. The number of rotatable bonds is 2. The van der Waals surface area contributed by atoms with Gasteiger partial charge in [-0.05, 0) is 22.6 Å². The van der Waals surface area contributed by atoms with Crippen LogP contribution >= 0.6 is 34.2 Å². The van der Waals surface area contributed by atoms with Crippen LogP contribution in [-0.4, -0.2) is 4.92 Å². The van der Waals surface area contributed by atoms with Crippen LogP contribution in [0.5, 0.6) is 0 Å². The van der Waals surface area contributed by atoms with E-state index in [1.807, 2.05) is 0 Å². The first-order valence-corrected chi connectivity index (χ1v) is 4.80. The first-order chi connectivity index (χ1) is 6.43. The van der Waals surface area contributed by atoms with Crippen LogP contribution in [0, 0.1) is 13.7 Å². The van der Waals surface area contributed by atoms with E-state index in [1.165, 1.54) is 0 Å². The molecule has 0 radical (unpaired) electrons. The summed E-state index contributed by atoms with van der Waals surface area (Å²) < 4.78 is 24.9. The van der Waals surface area contributed by atoms with Crippen molar-refractivity contribution in [1.82, 2.24) is 0 Å². The van der Waals surface area contributed by atoms with Gasteiger partial charge in [-0.2, -0.15) is 0 Å². The summed E-state index contributed by atoms with van der Waals surface area (Å²) in [7, 11) is 0. The van der Waals surface area contributed by atoms with Crippen LogP contribution < -0.4 is 0 Å². The maximum absolute atomic E-state index is 12.4. The lowest BCUT2D eigenvalue weighted by Crippen LogP contribution is -1.95. The van der Waals surface area contributed by atoms with E-state index in [0.717, 1.165) is 12.1 Å². The van der Waals surface area contributed by atoms with Gasteiger partial charge in [0.25, 0.3) is 12.1 Å². The van der Waals surface area contributed by atoms with Crippen LogP contribution in [0.1, 0.15) is 12.0 Å². The van der Waals surface area contributed by atoms with Crippen molar-refractivity contribution < 1.29 is 13.7 Å². The third kappa shape index (κ3) is 2.30. The minimum absolute atomic E-state index is 0.0323. The number of benzene rings is 1. The largest absolute Gasteiger partial charge is 0.271 e. The summed E-state index contributed by atoms with van der Waals surface area (Å²) >= 11 is 7.19. The standard InChI is InChI=1S/C7H3ClF2INO2/c8-5-2-3(12(13)14)1-4(6(5)11)7(9)10/h1-2,7H. The summed E-state index contributed by atoms with van der Waals surface area (Å²) in [6, 6.07) is 1.88. The number of nitro benzene ring substituents is 1. The molecule has 3 nitrogen and oxygen atoms in total. The van der Waals surface area contributed by atoms with E-state index >= 15 is 0 Å². The Hall–Kier alpha value is -0.500. The Labute approximate surface area is 96.3 Å². The molecule has 0 saturated heterocycles. The minimum Gasteiger partial charge on any atom is -0.258 e. The van der Waals surface area contributed by atoms with E-state index < -0.39 is 22.6 Å². The third-order valence-corrected chi connectivity index (χ3v) is 3.31. The Balaban J connectivity index is 3.35. The van der Waals surface area contributed by atoms with Gasteiger partial charge >= 0.3 is 0 Å². The maximum Gasteiger partial charge on any atom is 0.271 e. The average Bonchev–Trinajstić information content (AvgIpc) is 2.08. The lowest BCUT2D eigenvalue weighted by atomic mass is 10.2. The predicted octanol–water partition coefficient (Wildman–Crippen LogP) is 3.79. The van der Waals surface area contributed by atoms with Crippen LogP contribution in [0.15, 0.2) is 12.1 Å². The molecule has 14 heavy (non-hydrogen) atoms. The smallest absolute Gasteiger partial charge is 0.258 e. The fourth-order valence-corrected chi connectivity index (χ4v) is 1.63. The van der Waals surface area contributed by atoms with Gasteiger partial charge in [-0.15, -0.1) is 0 Å². The topological polar surface area (TPSA) is 43.1 Å². The fraction of sp³-hybridized carbons (Fsp3) is 0.143. The molecule has 0 aromatic heterocycles. The molecule has 7 heteroatoms. The van der Waals surface area contributed by atoms with Gasteiger partial charge in [0.1, 0.15) is 0 Å². The van der Waals surface area contributed by atoms with E-state index in [1.54, 1.807) is 22.6 Å². The molecule has 0 atom stereocenters. The molecule has 0 aliphatic rings. The molecule has 0 N–H and O–H groups in total. The Morgan fingerprint density at radius 2 is 2.07 bits per heavy atom. The molecule has 0 saturated carbocycles. The van der Waals surface area contributed by atoms with Crippen molar-refractivity contribution in [3.8, 4) is 0 Å². The molecule has 76 valence electrons. The highest BCUT2D eigenvalue weighted by atomic mass is 127. The molecule has 1 rings (SSSR count). The Morgan fingerprint density at radius 1 is 1.50 bits per heavy atom. The van der Waals surface area contributed by atoms with E-state index in [9.17, 15) is 18.9 Å². The zero-order valence-corrected chi connectivity index (χ0v) is 9.42. The summed E-state index contributed by atoms with van der Waals surface area (Å²) in [4.78, 5) is 9.58. The third-order valence-electron chi connectivity index (χ3n) is 1.49. The highest BCUT2D eigenvalue weighted by Crippen LogP contribution is 2.33. The van der Waals surface area contributed by atoms with Gasteiger partial charge in [-0.1, -0.05) is 11.6 Å². The van der Waals surface area contributed by atoms with Gasteiger partial charge in [-0.25, -0.2) is 8.78 Å². The van der Waals surface area contributed by atoms with Crippen molar-refractivity contribution in [2.45, 2.75) is 6.43 Å². The molecule has 1 aromatic rings. The van der Waals surface area contributed by atoms with Gasteiger partial charge < -0.3 is 0 Å². The Kier molecular flexibility index (Phi) is 3.59. The SMILES string of the molecule is O=[N+]([O-])c1cc(Cl)c(I)c(C(F)F)c1. The molecule has 0 spiro atoms. The number of nitro groups is 1. The monoisotopic (exact) mass is 333 g/mol. The molecule has 0 heterocycles. The van der Waals surface area contributed by atoms with E-state index in [4.69, 9.17) is 11.6 Å². The first-order valence-electron chi connectivity index (χ1n) is 3.35.